The number of hydrogen-bond donors (Lipinski definition) is 2. The maximum absolute atomic E-state index is 11.4. The van der Waals surface area contributed by atoms with Crippen molar-refractivity contribution in [3.8, 4) is 0 Å². The number of carbonyl (C=O) groups excluding carboxylic acids is 2. The number of nitrogens with zero attached hydrogens (tertiary/aromatic N) is 1. The quantitative estimate of drug-likeness (QED) is 0.495. The second kappa shape index (κ2) is 3.74. The number of nitrogens with one attached hydrogen (secondary N) is 1. The molecule has 1 heterocycles. The molecule has 5 heteroatoms. The van der Waals surface area contributed by atoms with Crippen LogP contribution in [0.5, 0.6) is 0 Å². The minimum Gasteiger partial charge on any atom is -0.357 e. The van der Waals surface area contributed by atoms with E-state index in [0.29, 0.717) is 6.54 Å². The van der Waals surface area contributed by atoms with E-state index in [9.17, 15) is 9.59 Å². The lowest BCUT2D eigenvalue weighted by atomic mass is 10.1. The van der Waals surface area contributed by atoms with Gasteiger partial charge in [0.05, 0.1) is 0 Å². The molecule has 1 aliphatic rings. The third-order valence-electron chi connectivity index (χ3n) is 2.44. The summed E-state index contributed by atoms with van der Waals surface area (Å²) in [4.78, 5) is 24.1. The second-order valence-corrected chi connectivity index (χ2v) is 3.32. The minimum absolute atomic E-state index is 0.0175. The lowest BCUT2D eigenvalue weighted by molar-refractivity contribution is -0.419. The van der Waals surface area contributed by atoms with Crippen molar-refractivity contribution >= 4 is 11.8 Å². The average Bonchev–Trinajstić information content (AvgIpc) is 2.46. The minimum atomic E-state index is -0.373. The van der Waals surface area contributed by atoms with Crippen molar-refractivity contribution in [2.75, 3.05) is 13.6 Å². The molecule has 0 aromatic rings. The van der Waals surface area contributed by atoms with Gasteiger partial charge in [-0.3, -0.25) is 9.59 Å². The molecule has 1 saturated heterocycles. The van der Waals surface area contributed by atoms with Crippen LogP contribution in [-0.2, 0) is 9.59 Å². The van der Waals surface area contributed by atoms with Crippen LogP contribution in [-0.4, -0.2) is 42.4 Å². The van der Waals surface area contributed by atoms with Crippen LogP contribution in [0.15, 0.2) is 0 Å². The van der Waals surface area contributed by atoms with Crippen LogP contribution in [0, 0.1) is 0 Å². The Morgan fingerprint density at radius 3 is 2.62 bits per heavy atom. The third kappa shape index (κ3) is 1.80. The molecule has 1 fully saturated rings. The van der Waals surface area contributed by atoms with Crippen molar-refractivity contribution in [1.29, 1.82) is 0 Å². The van der Waals surface area contributed by atoms with E-state index in [1.165, 1.54) is 6.92 Å². The molecule has 0 aromatic carbocycles. The highest BCUT2D eigenvalue weighted by atomic mass is 16.2. The molecule has 0 unspecified atom stereocenters. The fourth-order valence-corrected chi connectivity index (χ4v) is 1.71. The Balaban J connectivity index is 2.76. The van der Waals surface area contributed by atoms with Crippen LogP contribution in [0.4, 0.5) is 0 Å². The standard InChI is InChI=1S/C8H15N3O2/c1-5(12)11-4-3-6(9)7(11)8(13)10-2/h6-7H,3-4,9H2,1-2H3,(H,10,13)/p+1/t6-,7+/m1/s1. The van der Waals surface area contributed by atoms with E-state index in [-0.39, 0.29) is 23.9 Å². The van der Waals surface area contributed by atoms with Crippen molar-refractivity contribution in [2.45, 2.75) is 25.4 Å². The van der Waals surface area contributed by atoms with Crippen LogP contribution in [0.3, 0.4) is 0 Å². The summed E-state index contributed by atoms with van der Waals surface area (Å²) in [6.07, 6.45) is 0.803. The molecule has 4 N–H and O–H groups in total. The molecule has 1 aliphatic heterocycles. The fourth-order valence-electron chi connectivity index (χ4n) is 1.71. The molecule has 2 amide bonds. The molecule has 0 saturated carbocycles. The topological polar surface area (TPSA) is 77.1 Å². The summed E-state index contributed by atoms with van der Waals surface area (Å²) in [5.74, 6) is -0.174. The Labute approximate surface area is 77.3 Å². The number of rotatable bonds is 1. The zero-order valence-electron chi connectivity index (χ0n) is 8.04. The Hall–Kier alpha value is -1.10. The van der Waals surface area contributed by atoms with E-state index >= 15 is 0 Å². The number of hydrogen-bond acceptors (Lipinski definition) is 2. The molecule has 0 spiro atoms. The first-order valence-corrected chi connectivity index (χ1v) is 4.39. The summed E-state index contributed by atoms with van der Waals surface area (Å²) in [7, 11) is 1.58. The van der Waals surface area contributed by atoms with Crippen LogP contribution < -0.4 is 11.1 Å². The van der Waals surface area contributed by atoms with Crippen molar-refractivity contribution in [3.63, 3.8) is 0 Å². The normalized spacial score (nSPS) is 27.5. The Kier molecular flexibility index (Phi) is 2.87. The summed E-state index contributed by atoms with van der Waals surface area (Å²) < 4.78 is 0. The molecule has 13 heavy (non-hydrogen) atoms. The maximum Gasteiger partial charge on any atom is 0.248 e. The monoisotopic (exact) mass is 186 g/mol. The van der Waals surface area contributed by atoms with Gasteiger partial charge in [-0.2, -0.15) is 0 Å². The molecule has 74 valence electrons. The molecule has 0 bridgehead atoms. The van der Waals surface area contributed by atoms with Crippen LogP contribution in [0.25, 0.3) is 0 Å². The molecular formula is C8H16N3O2+. The number of amides is 2. The first kappa shape index (κ1) is 9.98. The maximum atomic E-state index is 11.4. The van der Waals surface area contributed by atoms with Gasteiger partial charge >= 0.3 is 0 Å². The fraction of sp³-hybridized carbons (Fsp3) is 0.750. The lowest BCUT2D eigenvalue weighted by Crippen LogP contribution is -2.69. The summed E-state index contributed by atoms with van der Waals surface area (Å²) in [5, 5.41) is 2.55. The van der Waals surface area contributed by atoms with Crippen molar-refractivity contribution in [2.24, 2.45) is 0 Å². The van der Waals surface area contributed by atoms with E-state index in [2.05, 4.69) is 11.1 Å². The van der Waals surface area contributed by atoms with Gasteiger partial charge in [0, 0.05) is 26.9 Å². The Morgan fingerprint density at radius 2 is 2.15 bits per heavy atom. The van der Waals surface area contributed by atoms with Crippen molar-refractivity contribution in [1.82, 2.24) is 10.2 Å². The Morgan fingerprint density at radius 1 is 1.54 bits per heavy atom. The third-order valence-corrected chi connectivity index (χ3v) is 2.44. The van der Waals surface area contributed by atoms with Gasteiger partial charge in [-0.25, -0.2) is 0 Å². The SMILES string of the molecule is CNC(=O)[C@@H]1[C@H]([NH3+])CCN1C(C)=O. The van der Waals surface area contributed by atoms with Gasteiger partial charge in [0.25, 0.3) is 0 Å². The first-order chi connectivity index (χ1) is 6.07. The zero-order valence-corrected chi connectivity index (χ0v) is 8.04. The van der Waals surface area contributed by atoms with Gasteiger partial charge in [-0.05, 0) is 0 Å². The lowest BCUT2D eigenvalue weighted by Gasteiger charge is -2.22. The van der Waals surface area contributed by atoms with Crippen molar-refractivity contribution < 1.29 is 15.3 Å². The predicted molar refractivity (Wildman–Crippen MR) is 46.5 cm³/mol. The molecule has 5 nitrogen and oxygen atoms in total. The summed E-state index contributed by atoms with van der Waals surface area (Å²) in [5.41, 5.74) is 3.87. The summed E-state index contributed by atoms with van der Waals surface area (Å²) in [6, 6.07) is -0.355. The van der Waals surface area contributed by atoms with Gasteiger partial charge in [0.2, 0.25) is 11.8 Å². The molecule has 0 aliphatic carbocycles. The van der Waals surface area contributed by atoms with Crippen LogP contribution in [0.1, 0.15) is 13.3 Å². The van der Waals surface area contributed by atoms with Gasteiger partial charge in [0.1, 0.15) is 6.04 Å². The van der Waals surface area contributed by atoms with Gasteiger partial charge in [-0.1, -0.05) is 0 Å². The Bertz CT molecular complexity index is 229. The number of likely N-dealkylation sites (tertiary alicyclic amines) is 1. The second-order valence-electron chi connectivity index (χ2n) is 3.32. The van der Waals surface area contributed by atoms with Crippen LogP contribution in [0.2, 0.25) is 0 Å². The van der Waals surface area contributed by atoms with E-state index in [0.717, 1.165) is 6.42 Å². The van der Waals surface area contributed by atoms with Gasteiger partial charge in [-0.15, -0.1) is 0 Å². The molecule has 1 rings (SSSR count). The van der Waals surface area contributed by atoms with Gasteiger partial charge < -0.3 is 16.0 Å². The molecule has 2 atom stereocenters. The first-order valence-electron chi connectivity index (χ1n) is 4.39. The molecule has 0 aromatic heterocycles. The van der Waals surface area contributed by atoms with E-state index in [4.69, 9.17) is 0 Å². The highest BCUT2D eigenvalue weighted by Crippen LogP contribution is 2.15. The van der Waals surface area contributed by atoms with Crippen molar-refractivity contribution in [3.05, 3.63) is 0 Å². The zero-order chi connectivity index (χ0) is 10.0. The molecule has 0 radical (unpaired) electrons. The predicted octanol–water partition coefficient (Wildman–Crippen LogP) is -2.04. The number of quaternary nitrogens is 1. The number of carbonyl (C=O) groups is 2. The van der Waals surface area contributed by atoms with Crippen LogP contribution >= 0.6 is 0 Å². The number of likely N-dealkylation sites (N-methyl/N-ethyl adjacent to an activating group) is 1. The summed E-state index contributed by atoms with van der Waals surface area (Å²) >= 11 is 0. The molecular weight excluding hydrogens is 170 g/mol. The highest BCUT2D eigenvalue weighted by Gasteiger charge is 2.40. The summed E-state index contributed by atoms with van der Waals surface area (Å²) in [6.45, 7) is 2.12. The van der Waals surface area contributed by atoms with E-state index < -0.39 is 0 Å². The largest absolute Gasteiger partial charge is 0.357 e. The van der Waals surface area contributed by atoms with E-state index in [1.54, 1.807) is 11.9 Å². The van der Waals surface area contributed by atoms with Gasteiger partial charge in [0.15, 0.2) is 6.04 Å². The average molecular weight is 186 g/mol. The smallest absolute Gasteiger partial charge is 0.248 e. The van der Waals surface area contributed by atoms with E-state index in [1.807, 2.05) is 0 Å². The highest BCUT2D eigenvalue weighted by molar-refractivity contribution is 5.87.